The molecule has 0 aliphatic rings. The van der Waals surface area contributed by atoms with Gasteiger partial charge >= 0.3 is 0 Å². The maximum absolute atomic E-state index is 2.71. The van der Waals surface area contributed by atoms with Crippen molar-refractivity contribution in [1.29, 1.82) is 0 Å². The summed E-state index contributed by atoms with van der Waals surface area (Å²) >= 11 is 0. The Kier molecular flexibility index (Phi) is 13.6. The Balaban J connectivity index is 2.48. The number of hydrogen-bond donors (Lipinski definition) is 0. The van der Waals surface area contributed by atoms with Crippen LogP contribution in [0.5, 0.6) is 0 Å². The van der Waals surface area contributed by atoms with Crippen molar-refractivity contribution >= 4 is 0 Å². The highest BCUT2D eigenvalue weighted by Gasteiger charge is 2.37. The highest BCUT2D eigenvalue weighted by molar-refractivity contribution is 5.17. The quantitative estimate of drug-likeness (QED) is 0.271. The van der Waals surface area contributed by atoms with Crippen molar-refractivity contribution in [3.63, 3.8) is 0 Å². The van der Waals surface area contributed by atoms with E-state index in [9.17, 15) is 0 Å². The summed E-state index contributed by atoms with van der Waals surface area (Å²) in [6, 6.07) is 22.0. The first-order valence-electron chi connectivity index (χ1n) is 14.0. The zero-order chi connectivity index (χ0) is 25.5. The van der Waals surface area contributed by atoms with E-state index in [4.69, 9.17) is 0 Å². The molecule has 4 heteroatoms. The Bertz CT molecular complexity index is 690. The largest absolute Gasteiger partial charge is 0.303 e. The Morgan fingerprint density at radius 1 is 0.429 bits per heavy atom. The molecule has 0 aliphatic carbocycles. The van der Waals surface area contributed by atoms with Crippen LogP contribution in [0.25, 0.3) is 0 Å². The summed E-state index contributed by atoms with van der Waals surface area (Å²) in [6.45, 7) is 26.9. The van der Waals surface area contributed by atoms with Gasteiger partial charge in [-0.05, 0) is 50.4 Å². The van der Waals surface area contributed by atoms with Crippen molar-refractivity contribution in [2.24, 2.45) is 5.41 Å². The monoisotopic (exact) mass is 480 g/mol. The summed E-state index contributed by atoms with van der Waals surface area (Å²) in [5.41, 5.74) is 2.95. The highest BCUT2D eigenvalue weighted by Crippen LogP contribution is 2.27. The van der Waals surface area contributed by atoms with E-state index < -0.39 is 0 Å². The van der Waals surface area contributed by atoms with Crippen LogP contribution >= 0.6 is 0 Å². The first-order chi connectivity index (χ1) is 17.0. The summed E-state index contributed by atoms with van der Waals surface area (Å²) in [7, 11) is 0. The third-order valence-corrected chi connectivity index (χ3v) is 7.42. The minimum absolute atomic E-state index is 0.160. The molecule has 0 saturated carbocycles. The van der Waals surface area contributed by atoms with Gasteiger partial charge in [-0.15, -0.1) is 0 Å². The van der Waals surface area contributed by atoms with Crippen molar-refractivity contribution in [1.82, 2.24) is 19.6 Å². The van der Waals surface area contributed by atoms with Gasteiger partial charge in [-0.2, -0.15) is 0 Å². The third kappa shape index (κ3) is 10.0. The summed E-state index contributed by atoms with van der Waals surface area (Å²) in [4.78, 5) is 10.7. The molecule has 0 N–H and O–H groups in total. The number of nitrogens with zero attached hydrogens (tertiary/aromatic N) is 4. The van der Waals surface area contributed by atoms with Crippen LogP contribution in [-0.4, -0.2) is 85.0 Å². The molecule has 0 bridgehead atoms. The molecule has 4 nitrogen and oxygen atoms in total. The number of hydrogen-bond acceptors (Lipinski definition) is 4. The second kappa shape index (κ2) is 16.1. The molecule has 0 radical (unpaired) electrons. The van der Waals surface area contributed by atoms with Gasteiger partial charge in [0.05, 0.1) is 0 Å². The Hall–Kier alpha value is -1.72. The van der Waals surface area contributed by atoms with Crippen molar-refractivity contribution in [3.05, 3.63) is 71.8 Å². The van der Waals surface area contributed by atoms with E-state index in [1.54, 1.807) is 0 Å². The lowest BCUT2D eigenvalue weighted by Gasteiger charge is -2.46. The van der Waals surface area contributed by atoms with E-state index >= 15 is 0 Å². The van der Waals surface area contributed by atoms with E-state index in [1.807, 2.05) is 0 Å². The number of rotatable bonds is 18. The first kappa shape index (κ1) is 29.5. The molecule has 0 atom stereocenters. The molecule has 0 amide bonds. The third-order valence-electron chi connectivity index (χ3n) is 7.42. The van der Waals surface area contributed by atoms with Crippen LogP contribution in [0, 0.1) is 5.41 Å². The number of benzene rings is 2. The fraction of sp³-hybridized carbons (Fsp3) is 0.613. The fourth-order valence-corrected chi connectivity index (χ4v) is 5.39. The van der Waals surface area contributed by atoms with Crippen LogP contribution in [0.2, 0.25) is 0 Å². The topological polar surface area (TPSA) is 13.0 Å². The van der Waals surface area contributed by atoms with Gasteiger partial charge in [0.2, 0.25) is 0 Å². The van der Waals surface area contributed by atoms with Gasteiger partial charge in [0.15, 0.2) is 0 Å². The van der Waals surface area contributed by atoms with Crippen LogP contribution in [0.1, 0.15) is 52.7 Å². The summed E-state index contributed by atoms with van der Waals surface area (Å²) in [5.74, 6) is 0. The molecule has 0 saturated heterocycles. The van der Waals surface area contributed by atoms with Crippen LogP contribution in [0.15, 0.2) is 60.7 Å². The Morgan fingerprint density at radius 2 is 0.714 bits per heavy atom. The molecular formula is C31H52N4. The predicted molar refractivity (Wildman–Crippen MR) is 153 cm³/mol. The summed E-state index contributed by atoms with van der Waals surface area (Å²) in [6.07, 6.45) is 0. The molecule has 0 aliphatic heterocycles. The van der Waals surface area contributed by atoms with Crippen molar-refractivity contribution in [2.75, 3.05) is 65.4 Å². The van der Waals surface area contributed by atoms with E-state index in [0.29, 0.717) is 0 Å². The van der Waals surface area contributed by atoms with Gasteiger partial charge in [0, 0.05) is 44.7 Å². The first-order valence-corrected chi connectivity index (χ1v) is 14.0. The fourth-order valence-electron chi connectivity index (χ4n) is 5.39. The van der Waals surface area contributed by atoms with Crippen molar-refractivity contribution in [2.45, 2.75) is 54.6 Å². The molecular weight excluding hydrogens is 428 g/mol. The molecule has 35 heavy (non-hydrogen) atoms. The van der Waals surface area contributed by atoms with Crippen molar-refractivity contribution in [3.8, 4) is 0 Å². The summed E-state index contributed by atoms with van der Waals surface area (Å²) < 4.78 is 0. The lowest BCUT2D eigenvalue weighted by molar-refractivity contribution is 0.0247. The van der Waals surface area contributed by atoms with Gasteiger partial charge < -0.3 is 14.7 Å². The van der Waals surface area contributed by atoms with Gasteiger partial charge in [-0.3, -0.25) is 4.90 Å². The molecule has 0 spiro atoms. The predicted octanol–water partition coefficient (Wildman–Crippen LogP) is 5.70. The molecule has 2 rings (SSSR count). The molecule has 0 unspecified atom stereocenters. The lowest BCUT2D eigenvalue weighted by atomic mass is 9.84. The standard InChI is InChI=1S/C31H52N4/c1-7-32(8-2)25-31(26-33(9-3)10-4,27-34(11-5)12-6)28-35(23-29-19-15-13-16-20-29)24-30-21-17-14-18-22-30/h13-22H,7-12,23-28H2,1-6H3. The Morgan fingerprint density at radius 3 is 1.00 bits per heavy atom. The maximum Gasteiger partial charge on any atom is 0.0237 e. The van der Waals surface area contributed by atoms with Gasteiger partial charge in [-0.25, -0.2) is 0 Å². The van der Waals surface area contributed by atoms with Crippen molar-refractivity contribution < 1.29 is 0 Å². The smallest absolute Gasteiger partial charge is 0.0237 e. The normalized spacial score (nSPS) is 12.4. The zero-order valence-electron chi connectivity index (χ0n) is 23.5. The molecule has 0 fully saturated rings. The van der Waals surface area contributed by atoms with Crippen LogP contribution < -0.4 is 0 Å². The van der Waals surface area contributed by atoms with Gasteiger partial charge in [0.25, 0.3) is 0 Å². The SMILES string of the molecule is CCN(CC)CC(CN(CC)CC)(CN(CC)CC)CN(Cc1ccccc1)Cc1ccccc1. The molecule has 2 aromatic rings. The molecule has 0 heterocycles. The minimum atomic E-state index is 0.160. The van der Waals surface area contributed by atoms with Gasteiger partial charge in [0.1, 0.15) is 0 Å². The lowest BCUT2D eigenvalue weighted by Crippen LogP contribution is -2.56. The average molecular weight is 481 g/mol. The average Bonchev–Trinajstić information content (AvgIpc) is 2.90. The van der Waals surface area contributed by atoms with Crippen LogP contribution in [0.4, 0.5) is 0 Å². The molecule has 196 valence electrons. The van der Waals surface area contributed by atoms with E-state index in [-0.39, 0.29) is 5.41 Å². The van der Waals surface area contributed by atoms with E-state index in [1.165, 1.54) is 11.1 Å². The maximum atomic E-state index is 2.71. The second-order valence-corrected chi connectivity index (χ2v) is 10.0. The Labute approximate surface area is 216 Å². The molecule has 0 aromatic heterocycles. The van der Waals surface area contributed by atoms with E-state index in [0.717, 1.165) is 78.5 Å². The van der Waals surface area contributed by atoms with E-state index in [2.05, 4.69) is 122 Å². The molecule has 2 aromatic carbocycles. The van der Waals surface area contributed by atoms with Gasteiger partial charge in [-0.1, -0.05) is 102 Å². The minimum Gasteiger partial charge on any atom is -0.303 e. The van der Waals surface area contributed by atoms with Crippen LogP contribution in [0.3, 0.4) is 0 Å². The summed E-state index contributed by atoms with van der Waals surface area (Å²) in [5, 5.41) is 0. The highest BCUT2D eigenvalue weighted by atomic mass is 15.2. The zero-order valence-corrected chi connectivity index (χ0v) is 23.5. The van der Waals surface area contributed by atoms with Crippen LogP contribution in [-0.2, 0) is 13.1 Å². The second-order valence-electron chi connectivity index (χ2n) is 10.0.